The molecule has 0 atom stereocenters. The smallest absolute Gasteiger partial charge is 0.127 e. The summed E-state index contributed by atoms with van der Waals surface area (Å²) in [7, 11) is 0. The van der Waals surface area contributed by atoms with Gasteiger partial charge in [-0.15, -0.1) is 0 Å². The Kier molecular flexibility index (Phi) is 3.65. The van der Waals surface area contributed by atoms with E-state index >= 15 is 0 Å². The number of hydrogen-bond acceptors (Lipinski definition) is 3. The van der Waals surface area contributed by atoms with Crippen molar-refractivity contribution in [3.63, 3.8) is 0 Å². The van der Waals surface area contributed by atoms with Crippen molar-refractivity contribution in [2.24, 2.45) is 0 Å². The molecule has 16 heavy (non-hydrogen) atoms. The van der Waals surface area contributed by atoms with Gasteiger partial charge in [0.05, 0.1) is 0 Å². The SMILES string of the molecule is CCCNc1cc(N(CC)C2CC2)ccn1. The molecular weight excluding hydrogens is 198 g/mol. The van der Waals surface area contributed by atoms with Crippen LogP contribution in [-0.4, -0.2) is 24.1 Å². The molecule has 0 aliphatic heterocycles. The van der Waals surface area contributed by atoms with Gasteiger partial charge in [-0.3, -0.25) is 0 Å². The molecule has 1 aliphatic carbocycles. The molecule has 1 N–H and O–H groups in total. The molecule has 1 aromatic heterocycles. The molecule has 0 aromatic carbocycles. The Balaban J connectivity index is 2.07. The van der Waals surface area contributed by atoms with Crippen molar-refractivity contribution < 1.29 is 0 Å². The molecule has 3 heteroatoms. The minimum atomic E-state index is 0.770. The molecule has 2 rings (SSSR count). The fourth-order valence-electron chi connectivity index (χ4n) is 1.99. The summed E-state index contributed by atoms with van der Waals surface area (Å²) in [4.78, 5) is 6.81. The fourth-order valence-corrected chi connectivity index (χ4v) is 1.99. The van der Waals surface area contributed by atoms with Gasteiger partial charge in [0, 0.05) is 37.1 Å². The maximum absolute atomic E-state index is 4.34. The van der Waals surface area contributed by atoms with Crippen LogP contribution in [0.25, 0.3) is 0 Å². The van der Waals surface area contributed by atoms with E-state index in [1.807, 2.05) is 6.20 Å². The van der Waals surface area contributed by atoms with Gasteiger partial charge in [0.15, 0.2) is 0 Å². The van der Waals surface area contributed by atoms with Crippen LogP contribution in [-0.2, 0) is 0 Å². The van der Waals surface area contributed by atoms with Gasteiger partial charge in [-0.1, -0.05) is 6.92 Å². The molecule has 88 valence electrons. The molecule has 1 aromatic rings. The van der Waals surface area contributed by atoms with Crippen LogP contribution in [0.1, 0.15) is 33.1 Å². The van der Waals surface area contributed by atoms with E-state index in [1.165, 1.54) is 18.5 Å². The highest BCUT2D eigenvalue weighted by atomic mass is 15.2. The summed E-state index contributed by atoms with van der Waals surface area (Å²) >= 11 is 0. The summed E-state index contributed by atoms with van der Waals surface area (Å²) in [5, 5.41) is 3.34. The van der Waals surface area contributed by atoms with Crippen molar-refractivity contribution in [2.45, 2.75) is 39.2 Å². The molecule has 0 spiro atoms. The summed E-state index contributed by atoms with van der Waals surface area (Å²) in [5.41, 5.74) is 1.30. The molecule has 0 unspecified atom stereocenters. The second-order valence-corrected chi connectivity index (χ2v) is 4.34. The maximum Gasteiger partial charge on any atom is 0.127 e. The molecule has 3 nitrogen and oxygen atoms in total. The van der Waals surface area contributed by atoms with Crippen LogP contribution < -0.4 is 10.2 Å². The Bertz CT molecular complexity index is 334. The van der Waals surface area contributed by atoms with E-state index in [4.69, 9.17) is 0 Å². The molecular formula is C13H21N3. The summed E-state index contributed by atoms with van der Waals surface area (Å²) < 4.78 is 0. The average molecular weight is 219 g/mol. The van der Waals surface area contributed by atoms with E-state index in [1.54, 1.807) is 0 Å². The topological polar surface area (TPSA) is 28.2 Å². The van der Waals surface area contributed by atoms with Gasteiger partial charge in [0.25, 0.3) is 0 Å². The van der Waals surface area contributed by atoms with Crippen LogP contribution >= 0.6 is 0 Å². The van der Waals surface area contributed by atoms with E-state index < -0.39 is 0 Å². The lowest BCUT2D eigenvalue weighted by molar-refractivity contribution is 0.825. The van der Waals surface area contributed by atoms with E-state index in [-0.39, 0.29) is 0 Å². The number of nitrogens with one attached hydrogen (secondary N) is 1. The van der Waals surface area contributed by atoms with Crippen LogP contribution in [0.3, 0.4) is 0 Å². The molecule has 1 fully saturated rings. The van der Waals surface area contributed by atoms with Crippen LogP contribution in [0.2, 0.25) is 0 Å². The molecule has 1 heterocycles. The minimum Gasteiger partial charge on any atom is -0.370 e. The van der Waals surface area contributed by atoms with Gasteiger partial charge >= 0.3 is 0 Å². The van der Waals surface area contributed by atoms with Crippen molar-refractivity contribution in [1.82, 2.24) is 4.98 Å². The van der Waals surface area contributed by atoms with Gasteiger partial charge in [-0.2, -0.15) is 0 Å². The highest BCUT2D eigenvalue weighted by molar-refractivity contribution is 5.55. The Labute approximate surface area is 97.9 Å². The van der Waals surface area contributed by atoms with E-state index in [0.717, 1.165) is 31.4 Å². The number of hydrogen-bond donors (Lipinski definition) is 1. The average Bonchev–Trinajstić information content (AvgIpc) is 3.12. The van der Waals surface area contributed by atoms with Crippen molar-refractivity contribution in [3.05, 3.63) is 18.3 Å². The largest absolute Gasteiger partial charge is 0.370 e. The highest BCUT2D eigenvalue weighted by Crippen LogP contribution is 2.31. The standard InChI is InChI=1S/C13H21N3/c1-3-8-14-13-10-12(7-9-15-13)16(4-2)11-5-6-11/h7,9-11H,3-6,8H2,1-2H3,(H,14,15). The van der Waals surface area contributed by atoms with E-state index in [0.29, 0.717) is 0 Å². The van der Waals surface area contributed by atoms with Crippen LogP contribution in [0.15, 0.2) is 18.3 Å². The van der Waals surface area contributed by atoms with Crippen molar-refractivity contribution in [3.8, 4) is 0 Å². The van der Waals surface area contributed by atoms with Gasteiger partial charge in [0.1, 0.15) is 5.82 Å². The Hall–Kier alpha value is -1.25. The summed E-state index contributed by atoms with van der Waals surface area (Å²) in [6, 6.07) is 5.04. The number of nitrogens with zero attached hydrogens (tertiary/aromatic N) is 2. The van der Waals surface area contributed by atoms with Gasteiger partial charge in [-0.05, 0) is 32.3 Å². The van der Waals surface area contributed by atoms with Crippen molar-refractivity contribution >= 4 is 11.5 Å². The first-order valence-corrected chi connectivity index (χ1v) is 6.31. The van der Waals surface area contributed by atoms with Crippen molar-refractivity contribution in [2.75, 3.05) is 23.3 Å². The van der Waals surface area contributed by atoms with E-state index in [9.17, 15) is 0 Å². The molecule has 0 amide bonds. The number of pyridine rings is 1. The van der Waals surface area contributed by atoms with Gasteiger partial charge in [-0.25, -0.2) is 4.98 Å². The van der Waals surface area contributed by atoms with Crippen LogP contribution in [0.5, 0.6) is 0 Å². The molecule has 0 radical (unpaired) electrons. The maximum atomic E-state index is 4.34. The predicted octanol–water partition coefficient (Wildman–Crippen LogP) is 2.89. The quantitative estimate of drug-likeness (QED) is 0.797. The number of anilines is 2. The van der Waals surface area contributed by atoms with Gasteiger partial charge < -0.3 is 10.2 Å². The lowest BCUT2D eigenvalue weighted by Gasteiger charge is -2.23. The first-order valence-electron chi connectivity index (χ1n) is 6.31. The number of rotatable bonds is 6. The zero-order valence-electron chi connectivity index (χ0n) is 10.2. The first-order chi connectivity index (χ1) is 7.85. The molecule has 0 bridgehead atoms. The lowest BCUT2D eigenvalue weighted by Crippen LogP contribution is -2.25. The van der Waals surface area contributed by atoms with E-state index in [2.05, 4.69) is 41.2 Å². The summed E-state index contributed by atoms with van der Waals surface area (Å²) in [6.07, 6.45) is 5.71. The zero-order chi connectivity index (χ0) is 11.4. The Morgan fingerprint density at radius 1 is 1.44 bits per heavy atom. The molecule has 1 saturated carbocycles. The zero-order valence-corrected chi connectivity index (χ0v) is 10.2. The molecule has 1 aliphatic rings. The Morgan fingerprint density at radius 2 is 2.25 bits per heavy atom. The first kappa shape index (κ1) is 11.2. The van der Waals surface area contributed by atoms with Crippen molar-refractivity contribution in [1.29, 1.82) is 0 Å². The fraction of sp³-hybridized carbons (Fsp3) is 0.615. The second-order valence-electron chi connectivity index (χ2n) is 4.34. The minimum absolute atomic E-state index is 0.770. The third-order valence-electron chi connectivity index (χ3n) is 2.96. The monoisotopic (exact) mass is 219 g/mol. The predicted molar refractivity (Wildman–Crippen MR) is 69.1 cm³/mol. The highest BCUT2D eigenvalue weighted by Gasteiger charge is 2.28. The van der Waals surface area contributed by atoms with Crippen LogP contribution in [0, 0.1) is 0 Å². The molecule has 0 saturated heterocycles. The Morgan fingerprint density at radius 3 is 2.88 bits per heavy atom. The van der Waals surface area contributed by atoms with Gasteiger partial charge in [0.2, 0.25) is 0 Å². The third-order valence-corrected chi connectivity index (χ3v) is 2.96. The summed E-state index contributed by atoms with van der Waals surface area (Å²) in [5.74, 6) is 0.999. The number of aromatic nitrogens is 1. The summed E-state index contributed by atoms with van der Waals surface area (Å²) in [6.45, 7) is 6.46. The van der Waals surface area contributed by atoms with Crippen LogP contribution in [0.4, 0.5) is 11.5 Å². The third kappa shape index (κ3) is 2.65. The lowest BCUT2D eigenvalue weighted by atomic mass is 10.3. The second kappa shape index (κ2) is 5.19. The normalized spacial score (nSPS) is 14.9.